The predicted octanol–water partition coefficient (Wildman–Crippen LogP) is 2.62. The number of pyridine rings is 1. The van der Waals surface area contributed by atoms with Crippen LogP contribution in [-0.4, -0.2) is 22.9 Å². The SMILES string of the molecule is CCCc1cc(C(=O)Nc2nc(C)co2)cc(NC)n1. The highest BCUT2D eigenvalue weighted by atomic mass is 16.4. The summed E-state index contributed by atoms with van der Waals surface area (Å²) in [5, 5.41) is 5.59. The van der Waals surface area contributed by atoms with Gasteiger partial charge in [-0.25, -0.2) is 4.98 Å². The zero-order valence-corrected chi connectivity index (χ0v) is 11.9. The molecule has 0 bridgehead atoms. The number of hydrogen-bond acceptors (Lipinski definition) is 5. The molecule has 106 valence electrons. The number of amides is 1. The van der Waals surface area contributed by atoms with Gasteiger partial charge < -0.3 is 9.73 Å². The quantitative estimate of drug-likeness (QED) is 0.876. The van der Waals surface area contributed by atoms with Crippen LogP contribution in [0, 0.1) is 6.92 Å². The lowest BCUT2D eigenvalue weighted by Crippen LogP contribution is -2.13. The number of hydrogen-bond donors (Lipinski definition) is 2. The number of carbonyl (C=O) groups is 1. The van der Waals surface area contributed by atoms with Crippen molar-refractivity contribution in [2.24, 2.45) is 0 Å². The van der Waals surface area contributed by atoms with Gasteiger partial charge in [0.25, 0.3) is 5.91 Å². The van der Waals surface area contributed by atoms with E-state index < -0.39 is 0 Å². The Bertz CT molecular complexity index is 607. The minimum absolute atomic E-state index is 0.201. The number of aromatic nitrogens is 2. The third kappa shape index (κ3) is 3.34. The summed E-state index contributed by atoms with van der Waals surface area (Å²) in [7, 11) is 1.77. The molecule has 0 radical (unpaired) electrons. The van der Waals surface area contributed by atoms with Gasteiger partial charge in [0.2, 0.25) is 0 Å². The normalized spacial score (nSPS) is 10.3. The average molecular weight is 274 g/mol. The molecule has 0 aromatic carbocycles. The zero-order chi connectivity index (χ0) is 14.5. The monoisotopic (exact) mass is 274 g/mol. The van der Waals surface area contributed by atoms with Gasteiger partial charge >= 0.3 is 6.01 Å². The molecule has 0 aliphatic carbocycles. The first-order valence-electron chi connectivity index (χ1n) is 6.54. The lowest BCUT2D eigenvalue weighted by molar-refractivity contribution is 0.102. The van der Waals surface area contributed by atoms with Crippen molar-refractivity contribution in [3.05, 3.63) is 35.3 Å². The average Bonchev–Trinajstić information content (AvgIpc) is 2.84. The molecule has 0 fully saturated rings. The van der Waals surface area contributed by atoms with Crippen LogP contribution in [0.2, 0.25) is 0 Å². The maximum absolute atomic E-state index is 12.2. The molecule has 6 nitrogen and oxygen atoms in total. The van der Waals surface area contributed by atoms with Crippen molar-refractivity contribution >= 4 is 17.7 Å². The molecule has 2 rings (SSSR count). The molecule has 0 atom stereocenters. The van der Waals surface area contributed by atoms with Crippen LogP contribution in [0.5, 0.6) is 0 Å². The van der Waals surface area contributed by atoms with E-state index >= 15 is 0 Å². The van der Waals surface area contributed by atoms with Crippen molar-refractivity contribution in [1.29, 1.82) is 0 Å². The number of oxazole rings is 1. The van der Waals surface area contributed by atoms with E-state index in [-0.39, 0.29) is 11.9 Å². The highest BCUT2D eigenvalue weighted by molar-refractivity contribution is 6.03. The van der Waals surface area contributed by atoms with E-state index in [2.05, 4.69) is 27.5 Å². The van der Waals surface area contributed by atoms with Crippen LogP contribution in [0.3, 0.4) is 0 Å². The molecular weight excluding hydrogens is 256 g/mol. The Morgan fingerprint density at radius 2 is 2.15 bits per heavy atom. The molecule has 20 heavy (non-hydrogen) atoms. The first-order valence-corrected chi connectivity index (χ1v) is 6.54. The van der Waals surface area contributed by atoms with Gasteiger partial charge in [0.1, 0.15) is 12.1 Å². The van der Waals surface area contributed by atoms with E-state index in [0.717, 1.165) is 24.2 Å². The molecule has 2 aromatic rings. The van der Waals surface area contributed by atoms with Gasteiger partial charge in [0.05, 0.1) is 5.69 Å². The van der Waals surface area contributed by atoms with Crippen LogP contribution in [0.4, 0.5) is 11.8 Å². The van der Waals surface area contributed by atoms with Crippen LogP contribution < -0.4 is 10.6 Å². The first-order chi connectivity index (χ1) is 9.62. The summed E-state index contributed by atoms with van der Waals surface area (Å²) in [4.78, 5) is 20.6. The minimum Gasteiger partial charge on any atom is -0.432 e. The number of aryl methyl sites for hydroxylation is 2. The lowest BCUT2D eigenvalue weighted by Gasteiger charge is -2.07. The van der Waals surface area contributed by atoms with E-state index in [1.807, 2.05) is 0 Å². The van der Waals surface area contributed by atoms with Crippen molar-refractivity contribution < 1.29 is 9.21 Å². The van der Waals surface area contributed by atoms with Gasteiger partial charge in [-0.2, -0.15) is 4.98 Å². The Kier molecular flexibility index (Phi) is 4.34. The Morgan fingerprint density at radius 1 is 1.35 bits per heavy atom. The fraction of sp³-hybridized carbons (Fsp3) is 0.357. The van der Waals surface area contributed by atoms with Crippen molar-refractivity contribution in [2.75, 3.05) is 17.7 Å². The van der Waals surface area contributed by atoms with E-state index in [0.29, 0.717) is 11.4 Å². The van der Waals surface area contributed by atoms with Crippen LogP contribution in [0.15, 0.2) is 22.8 Å². The van der Waals surface area contributed by atoms with E-state index in [1.54, 1.807) is 26.1 Å². The third-order valence-corrected chi connectivity index (χ3v) is 2.74. The number of nitrogens with one attached hydrogen (secondary N) is 2. The van der Waals surface area contributed by atoms with Crippen molar-refractivity contribution in [1.82, 2.24) is 9.97 Å². The van der Waals surface area contributed by atoms with Crippen molar-refractivity contribution in [3.8, 4) is 0 Å². The molecule has 0 aliphatic heterocycles. The van der Waals surface area contributed by atoms with Crippen molar-refractivity contribution in [2.45, 2.75) is 26.7 Å². The first kappa shape index (κ1) is 14.0. The second kappa shape index (κ2) is 6.18. The van der Waals surface area contributed by atoms with E-state index in [1.165, 1.54) is 6.26 Å². The zero-order valence-electron chi connectivity index (χ0n) is 11.9. The molecule has 1 amide bonds. The van der Waals surface area contributed by atoms with Gasteiger partial charge in [0.15, 0.2) is 0 Å². The second-order valence-corrected chi connectivity index (χ2v) is 4.48. The third-order valence-electron chi connectivity index (χ3n) is 2.74. The fourth-order valence-corrected chi connectivity index (χ4v) is 1.81. The highest BCUT2D eigenvalue weighted by Gasteiger charge is 2.12. The van der Waals surface area contributed by atoms with Gasteiger partial charge in [0, 0.05) is 18.3 Å². The van der Waals surface area contributed by atoms with Gasteiger partial charge in [-0.3, -0.25) is 10.1 Å². The Labute approximate surface area is 117 Å². The number of anilines is 2. The molecule has 0 saturated heterocycles. The number of carbonyl (C=O) groups excluding carboxylic acids is 1. The molecule has 6 heteroatoms. The highest BCUT2D eigenvalue weighted by Crippen LogP contribution is 2.14. The lowest BCUT2D eigenvalue weighted by atomic mass is 10.1. The van der Waals surface area contributed by atoms with Gasteiger partial charge in [-0.05, 0) is 25.5 Å². The van der Waals surface area contributed by atoms with Gasteiger partial charge in [-0.1, -0.05) is 13.3 Å². The largest absolute Gasteiger partial charge is 0.432 e. The topological polar surface area (TPSA) is 80.0 Å². The smallest absolute Gasteiger partial charge is 0.301 e. The summed E-state index contributed by atoms with van der Waals surface area (Å²) < 4.78 is 5.12. The van der Waals surface area contributed by atoms with Crippen LogP contribution >= 0.6 is 0 Å². The van der Waals surface area contributed by atoms with Crippen LogP contribution in [0.25, 0.3) is 0 Å². The second-order valence-electron chi connectivity index (χ2n) is 4.48. The number of rotatable bonds is 5. The van der Waals surface area contributed by atoms with Crippen LogP contribution in [0.1, 0.15) is 35.1 Å². The standard InChI is InChI=1S/C14H18N4O2/c1-4-5-11-6-10(7-12(15-3)17-11)13(19)18-14-16-9(2)8-20-14/h6-8H,4-5H2,1-3H3,(H,15,17)(H,16,18,19). The Morgan fingerprint density at radius 3 is 2.75 bits per heavy atom. The molecule has 0 spiro atoms. The summed E-state index contributed by atoms with van der Waals surface area (Å²) in [5.41, 5.74) is 2.13. The summed E-state index contributed by atoms with van der Waals surface area (Å²) >= 11 is 0. The summed E-state index contributed by atoms with van der Waals surface area (Å²) in [6, 6.07) is 3.69. The van der Waals surface area contributed by atoms with E-state index in [9.17, 15) is 4.79 Å². The fourth-order valence-electron chi connectivity index (χ4n) is 1.81. The summed E-state index contributed by atoms with van der Waals surface area (Å²) in [5.74, 6) is 0.410. The van der Waals surface area contributed by atoms with Gasteiger partial charge in [-0.15, -0.1) is 0 Å². The molecule has 0 unspecified atom stereocenters. The predicted molar refractivity (Wildman–Crippen MR) is 77.0 cm³/mol. The van der Waals surface area contributed by atoms with E-state index in [4.69, 9.17) is 4.42 Å². The van der Waals surface area contributed by atoms with Crippen molar-refractivity contribution in [3.63, 3.8) is 0 Å². The Balaban J connectivity index is 2.21. The molecule has 0 aliphatic rings. The number of nitrogens with zero attached hydrogens (tertiary/aromatic N) is 2. The Hall–Kier alpha value is -2.37. The summed E-state index contributed by atoms with van der Waals surface area (Å²) in [6.07, 6.45) is 3.29. The molecular formula is C14H18N4O2. The maximum Gasteiger partial charge on any atom is 0.301 e. The molecule has 2 aromatic heterocycles. The molecule has 2 heterocycles. The summed E-state index contributed by atoms with van der Waals surface area (Å²) in [6.45, 7) is 3.87. The molecule has 0 saturated carbocycles. The molecule has 2 N–H and O–H groups in total. The van der Waals surface area contributed by atoms with Crippen LogP contribution in [-0.2, 0) is 6.42 Å². The maximum atomic E-state index is 12.2. The minimum atomic E-state index is -0.261.